The third-order valence-corrected chi connectivity index (χ3v) is 3.35. The van der Waals surface area contributed by atoms with Gasteiger partial charge in [-0.15, -0.1) is 0 Å². The molecule has 0 amide bonds. The third-order valence-electron chi connectivity index (χ3n) is 3.35. The van der Waals surface area contributed by atoms with Crippen molar-refractivity contribution in [2.24, 2.45) is 5.73 Å². The Morgan fingerprint density at radius 1 is 1.16 bits per heavy atom. The van der Waals surface area contributed by atoms with Gasteiger partial charge in [0.05, 0.1) is 19.9 Å². The first-order valence-corrected chi connectivity index (χ1v) is 6.21. The van der Waals surface area contributed by atoms with Crippen LogP contribution in [0.25, 0.3) is 0 Å². The topological polar surface area (TPSA) is 74.8 Å². The monoisotopic (exact) mass is 264 g/mol. The zero-order valence-corrected chi connectivity index (χ0v) is 11.3. The van der Waals surface area contributed by atoms with Gasteiger partial charge in [0.15, 0.2) is 5.96 Å². The van der Waals surface area contributed by atoms with Gasteiger partial charge in [-0.2, -0.15) is 0 Å². The normalized spacial score (nSPS) is 15.3. The molecule has 2 rings (SSSR count). The highest BCUT2D eigenvalue weighted by Gasteiger charge is 2.20. The predicted octanol–water partition coefficient (Wildman–Crippen LogP) is 0.719. The molecule has 6 nitrogen and oxygen atoms in total. The van der Waals surface area contributed by atoms with Crippen LogP contribution in [0.15, 0.2) is 18.2 Å². The molecule has 3 N–H and O–H groups in total. The fraction of sp³-hybridized carbons (Fsp3) is 0.462. The lowest BCUT2D eigenvalue weighted by Crippen LogP contribution is -2.50. The van der Waals surface area contributed by atoms with Gasteiger partial charge in [-0.3, -0.25) is 5.41 Å². The number of hydrogen-bond donors (Lipinski definition) is 2. The van der Waals surface area contributed by atoms with Crippen LogP contribution >= 0.6 is 0 Å². The van der Waals surface area contributed by atoms with E-state index in [2.05, 4.69) is 4.90 Å². The summed E-state index contributed by atoms with van der Waals surface area (Å²) in [6, 6.07) is 5.77. The van der Waals surface area contributed by atoms with Crippen LogP contribution in [-0.2, 0) is 0 Å². The summed E-state index contributed by atoms with van der Waals surface area (Å²) in [7, 11) is 3.32. The second kappa shape index (κ2) is 5.69. The fourth-order valence-corrected chi connectivity index (χ4v) is 2.23. The van der Waals surface area contributed by atoms with Crippen LogP contribution in [0.4, 0.5) is 5.69 Å². The van der Waals surface area contributed by atoms with Crippen molar-refractivity contribution in [1.82, 2.24) is 4.90 Å². The molecule has 0 aliphatic carbocycles. The van der Waals surface area contributed by atoms with Gasteiger partial charge < -0.3 is 25.0 Å². The Morgan fingerprint density at radius 2 is 1.84 bits per heavy atom. The molecule has 1 aromatic carbocycles. The first-order valence-electron chi connectivity index (χ1n) is 6.21. The van der Waals surface area contributed by atoms with E-state index in [1.54, 1.807) is 14.2 Å². The maximum Gasteiger partial charge on any atom is 0.188 e. The number of nitrogens with two attached hydrogens (primary N) is 1. The summed E-state index contributed by atoms with van der Waals surface area (Å²) in [5, 5.41) is 7.44. The van der Waals surface area contributed by atoms with Gasteiger partial charge in [0.2, 0.25) is 0 Å². The Balaban J connectivity index is 2.16. The van der Waals surface area contributed by atoms with Crippen LogP contribution in [0.2, 0.25) is 0 Å². The van der Waals surface area contributed by atoms with Crippen molar-refractivity contribution < 1.29 is 9.47 Å². The van der Waals surface area contributed by atoms with Crippen LogP contribution in [0, 0.1) is 5.41 Å². The van der Waals surface area contributed by atoms with E-state index in [4.69, 9.17) is 20.6 Å². The average Bonchev–Trinajstić information content (AvgIpc) is 2.46. The minimum absolute atomic E-state index is 0.136. The SMILES string of the molecule is COc1ccc(OC)c(N2CCN(C(=N)N)CC2)c1. The third kappa shape index (κ3) is 2.83. The van der Waals surface area contributed by atoms with E-state index >= 15 is 0 Å². The van der Waals surface area contributed by atoms with Crippen LogP contribution in [-0.4, -0.2) is 51.3 Å². The van der Waals surface area contributed by atoms with Gasteiger partial charge in [0.1, 0.15) is 11.5 Å². The van der Waals surface area contributed by atoms with Crippen molar-refractivity contribution >= 4 is 11.6 Å². The van der Waals surface area contributed by atoms with E-state index in [-0.39, 0.29) is 5.96 Å². The quantitative estimate of drug-likeness (QED) is 0.621. The Labute approximate surface area is 113 Å². The van der Waals surface area contributed by atoms with E-state index in [0.29, 0.717) is 0 Å². The molecule has 1 aromatic rings. The maximum atomic E-state index is 7.44. The first kappa shape index (κ1) is 13.3. The van der Waals surface area contributed by atoms with Gasteiger partial charge >= 0.3 is 0 Å². The smallest absolute Gasteiger partial charge is 0.188 e. The van der Waals surface area contributed by atoms with Gasteiger partial charge in [0, 0.05) is 32.2 Å². The minimum Gasteiger partial charge on any atom is -0.497 e. The van der Waals surface area contributed by atoms with E-state index < -0.39 is 0 Å². The fourth-order valence-electron chi connectivity index (χ4n) is 2.23. The molecule has 19 heavy (non-hydrogen) atoms. The summed E-state index contributed by atoms with van der Waals surface area (Å²) >= 11 is 0. The summed E-state index contributed by atoms with van der Waals surface area (Å²) in [6.07, 6.45) is 0. The summed E-state index contributed by atoms with van der Waals surface area (Å²) in [5.41, 5.74) is 6.52. The van der Waals surface area contributed by atoms with Crippen molar-refractivity contribution in [2.45, 2.75) is 0 Å². The minimum atomic E-state index is 0.136. The van der Waals surface area contributed by atoms with Gasteiger partial charge in [-0.05, 0) is 12.1 Å². The molecule has 1 saturated heterocycles. The lowest BCUT2D eigenvalue weighted by atomic mass is 10.2. The van der Waals surface area contributed by atoms with Crippen LogP contribution in [0.1, 0.15) is 0 Å². The predicted molar refractivity (Wildman–Crippen MR) is 75.2 cm³/mol. The van der Waals surface area contributed by atoms with Crippen molar-refractivity contribution in [3.8, 4) is 11.5 Å². The molecule has 0 spiro atoms. The van der Waals surface area contributed by atoms with Crippen LogP contribution in [0.3, 0.4) is 0 Å². The number of benzene rings is 1. The molecule has 0 radical (unpaired) electrons. The number of ether oxygens (including phenoxy) is 2. The lowest BCUT2D eigenvalue weighted by molar-refractivity contribution is 0.371. The highest BCUT2D eigenvalue weighted by atomic mass is 16.5. The zero-order valence-electron chi connectivity index (χ0n) is 11.3. The Morgan fingerprint density at radius 3 is 2.37 bits per heavy atom. The Kier molecular flexibility index (Phi) is 3.99. The molecule has 1 aliphatic heterocycles. The summed E-state index contributed by atoms with van der Waals surface area (Å²) in [4.78, 5) is 4.09. The number of nitrogens with one attached hydrogen (secondary N) is 1. The molecule has 6 heteroatoms. The summed E-state index contributed by atoms with van der Waals surface area (Å²) < 4.78 is 10.7. The largest absolute Gasteiger partial charge is 0.497 e. The molecule has 0 saturated carbocycles. The van der Waals surface area contributed by atoms with Crippen LogP contribution in [0.5, 0.6) is 11.5 Å². The standard InChI is InChI=1S/C13H20N4O2/c1-18-10-3-4-12(19-2)11(9-10)16-5-7-17(8-6-16)13(14)15/h3-4,9H,5-8H2,1-2H3,(H3,14,15). The van der Waals surface area contributed by atoms with Crippen molar-refractivity contribution in [2.75, 3.05) is 45.3 Å². The number of anilines is 1. The molecule has 1 heterocycles. The van der Waals surface area contributed by atoms with E-state index in [1.165, 1.54) is 0 Å². The number of hydrogen-bond acceptors (Lipinski definition) is 4. The molecule has 1 fully saturated rings. The lowest BCUT2D eigenvalue weighted by Gasteiger charge is -2.36. The van der Waals surface area contributed by atoms with E-state index in [1.807, 2.05) is 23.1 Å². The van der Waals surface area contributed by atoms with Gasteiger partial charge in [0.25, 0.3) is 0 Å². The van der Waals surface area contributed by atoms with Crippen molar-refractivity contribution in [3.05, 3.63) is 18.2 Å². The summed E-state index contributed by atoms with van der Waals surface area (Å²) in [5.74, 6) is 1.78. The molecular formula is C13H20N4O2. The molecular weight excluding hydrogens is 244 g/mol. The van der Waals surface area contributed by atoms with E-state index in [0.717, 1.165) is 43.4 Å². The van der Waals surface area contributed by atoms with Gasteiger partial charge in [-0.25, -0.2) is 0 Å². The molecule has 104 valence electrons. The summed E-state index contributed by atoms with van der Waals surface area (Å²) in [6.45, 7) is 3.11. The van der Waals surface area contributed by atoms with E-state index in [9.17, 15) is 0 Å². The molecule has 0 aromatic heterocycles. The highest BCUT2D eigenvalue weighted by Crippen LogP contribution is 2.32. The second-order valence-corrected chi connectivity index (χ2v) is 4.40. The number of rotatable bonds is 3. The number of methoxy groups -OCH3 is 2. The first-order chi connectivity index (χ1) is 9.15. The Hall–Kier alpha value is -2.11. The average molecular weight is 264 g/mol. The number of piperazine rings is 1. The highest BCUT2D eigenvalue weighted by molar-refractivity contribution is 5.75. The molecule has 0 atom stereocenters. The maximum absolute atomic E-state index is 7.44. The molecule has 0 unspecified atom stereocenters. The van der Waals surface area contributed by atoms with Crippen LogP contribution < -0.4 is 20.1 Å². The molecule has 1 aliphatic rings. The molecule has 0 bridgehead atoms. The number of nitrogens with zero attached hydrogens (tertiary/aromatic N) is 2. The number of guanidine groups is 1. The zero-order chi connectivity index (χ0) is 13.8. The van der Waals surface area contributed by atoms with Crippen molar-refractivity contribution in [3.63, 3.8) is 0 Å². The van der Waals surface area contributed by atoms with Crippen molar-refractivity contribution in [1.29, 1.82) is 5.41 Å². The van der Waals surface area contributed by atoms with Gasteiger partial charge in [-0.1, -0.05) is 0 Å². The Bertz CT molecular complexity index is 456. The second-order valence-electron chi connectivity index (χ2n) is 4.40.